The lowest BCUT2D eigenvalue weighted by Gasteiger charge is -2.29. The van der Waals surface area contributed by atoms with Crippen molar-refractivity contribution in [3.63, 3.8) is 0 Å². The molecule has 37 heavy (non-hydrogen) atoms. The van der Waals surface area contributed by atoms with E-state index < -0.39 is 10.0 Å². The topological polar surface area (TPSA) is 88.5 Å². The van der Waals surface area contributed by atoms with Crippen LogP contribution in [0.4, 0.5) is 11.4 Å². The highest BCUT2D eigenvalue weighted by atomic mass is 79.9. The Morgan fingerprint density at radius 1 is 1.05 bits per heavy atom. The quantitative estimate of drug-likeness (QED) is 0.283. The maximum Gasteiger partial charge on any atom is 0.229 e. The van der Waals surface area contributed by atoms with E-state index in [0.717, 1.165) is 33.5 Å². The van der Waals surface area contributed by atoms with Crippen LogP contribution in [0.1, 0.15) is 23.5 Å². The minimum Gasteiger partial charge on any atom is -0.494 e. The second kappa shape index (κ2) is 10.2. The van der Waals surface area contributed by atoms with Crippen molar-refractivity contribution in [1.82, 2.24) is 14.9 Å². The predicted octanol–water partition coefficient (Wildman–Crippen LogP) is 5.19. The molecule has 0 saturated carbocycles. The van der Waals surface area contributed by atoms with Crippen molar-refractivity contribution < 1.29 is 13.2 Å². The molecule has 2 N–H and O–H groups in total. The molecule has 1 fully saturated rings. The number of ether oxygens (including phenoxy) is 1. The number of anilines is 2. The summed E-state index contributed by atoms with van der Waals surface area (Å²) in [5.74, 6) is 0.383. The van der Waals surface area contributed by atoms with Crippen molar-refractivity contribution >= 4 is 54.7 Å². The summed E-state index contributed by atoms with van der Waals surface area (Å²) in [6.07, 6.45) is 4.89. The Balaban J connectivity index is 1.65. The molecule has 11 heteroatoms. The SMILES string of the molecule is COc1cc(N2C(=S)N[C@H](c3ccccn3)[C@@H]2c2cccn2-c2cccc(Br)c2)ccc1NS(C)(=O)=O. The molecule has 0 amide bonds. The van der Waals surface area contributed by atoms with Crippen LogP contribution < -0.4 is 19.7 Å². The van der Waals surface area contributed by atoms with Gasteiger partial charge in [-0.25, -0.2) is 8.42 Å². The smallest absolute Gasteiger partial charge is 0.229 e. The number of rotatable bonds is 7. The van der Waals surface area contributed by atoms with Crippen LogP contribution in [0, 0.1) is 0 Å². The van der Waals surface area contributed by atoms with Crippen LogP contribution in [0.3, 0.4) is 0 Å². The van der Waals surface area contributed by atoms with E-state index in [9.17, 15) is 8.42 Å². The molecule has 2 atom stereocenters. The molecule has 190 valence electrons. The van der Waals surface area contributed by atoms with Crippen LogP contribution >= 0.6 is 28.1 Å². The molecule has 1 aliphatic rings. The summed E-state index contributed by atoms with van der Waals surface area (Å²) >= 11 is 9.43. The Morgan fingerprint density at radius 3 is 2.59 bits per heavy atom. The summed E-state index contributed by atoms with van der Waals surface area (Å²) in [6, 6.07) is 22.7. The minimum absolute atomic E-state index is 0.241. The Bertz CT molecular complexity index is 1560. The van der Waals surface area contributed by atoms with Crippen molar-refractivity contribution in [2.24, 2.45) is 0 Å². The molecule has 5 rings (SSSR count). The molecule has 0 aliphatic carbocycles. The van der Waals surface area contributed by atoms with Crippen LogP contribution in [0.2, 0.25) is 0 Å². The molecule has 4 aromatic rings. The molecule has 2 aromatic heterocycles. The number of hydrogen-bond acceptors (Lipinski definition) is 5. The third kappa shape index (κ3) is 5.20. The minimum atomic E-state index is -3.48. The summed E-state index contributed by atoms with van der Waals surface area (Å²) < 4.78 is 34.8. The summed E-state index contributed by atoms with van der Waals surface area (Å²) in [7, 11) is -1.98. The normalized spacial score (nSPS) is 17.5. The summed E-state index contributed by atoms with van der Waals surface area (Å²) in [4.78, 5) is 6.64. The lowest BCUT2D eigenvalue weighted by molar-refractivity contribution is 0.417. The molecule has 2 aromatic carbocycles. The molecule has 0 unspecified atom stereocenters. The molecule has 0 bridgehead atoms. The first-order chi connectivity index (χ1) is 17.7. The molecule has 0 spiro atoms. The van der Waals surface area contributed by atoms with Gasteiger partial charge in [0.05, 0.1) is 30.8 Å². The molecule has 1 saturated heterocycles. The van der Waals surface area contributed by atoms with Gasteiger partial charge in [0.1, 0.15) is 11.8 Å². The number of pyridine rings is 1. The monoisotopic (exact) mass is 597 g/mol. The molecular formula is C26H24BrN5O3S2. The zero-order valence-electron chi connectivity index (χ0n) is 20.0. The van der Waals surface area contributed by atoms with Gasteiger partial charge in [0.15, 0.2) is 5.11 Å². The summed E-state index contributed by atoms with van der Waals surface area (Å²) in [6.45, 7) is 0. The standard InChI is InChI=1S/C26H24BrN5O3S2/c1-35-23-16-19(11-12-20(23)30-37(2,33)34)32-25(24(29-26(32)36)21-9-3-4-13-28-21)22-10-6-14-31(22)18-8-5-7-17(27)15-18/h3-16,24-25,30H,1-2H3,(H,29,36)/t24-,25+/m1/s1. The maximum absolute atomic E-state index is 11.8. The van der Waals surface area contributed by atoms with Gasteiger partial charge in [-0.05, 0) is 66.8 Å². The van der Waals surface area contributed by atoms with Crippen molar-refractivity contribution in [2.75, 3.05) is 23.0 Å². The Labute approximate surface area is 229 Å². The van der Waals surface area contributed by atoms with E-state index in [1.165, 1.54) is 7.11 Å². The second-order valence-electron chi connectivity index (χ2n) is 8.54. The van der Waals surface area contributed by atoms with Crippen molar-refractivity contribution in [3.8, 4) is 11.4 Å². The average Bonchev–Trinajstić information content (AvgIpc) is 3.48. The summed E-state index contributed by atoms with van der Waals surface area (Å²) in [5, 5.41) is 3.98. The highest BCUT2D eigenvalue weighted by Crippen LogP contribution is 2.44. The van der Waals surface area contributed by atoms with Crippen LogP contribution in [0.25, 0.3) is 5.69 Å². The first kappa shape index (κ1) is 25.2. The third-order valence-corrected chi connectivity index (χ3v) is 7.42. The van der Waals surface area contributed by atoms with E-state index in [1.54, 1.807) is 18.3 Å². The van der Waals surface area contributed by atoms with E-state index in [-0.39, 0.29) is 12.1 Å². The van der Waals surface area contributed by atoms with Gasteiger partial charge in [-0.1, -0.05) is 28.1 Å². The van der Waals surface area contributed by atoms with E-state index >= 15 is 0 Å². The van der Waals surface area contributed by atoms with E-state index in [2.05, 4.69) is 47.7 Å². The lowest BCUT2D eigenvalue weighted by atomic mass is 10.0. The molecule has 3 heterocycles. The number of sulfonamides is 1. The molecule has 8 nitrogen and oxygen atoms in total. The van der Waals surface area contributed by atoms with Crippen molar-refractivity contribution in [3.05, 3.63) is 101 Å². The number of halogens is 1. The fourth-order valence-electron chi connectivity index (χ4n) is 4.54. The van der Waals surface area contributed by atoms with Gasteiger partial charge < -0.3 is 19.5 Å². The fraction of sp³-hybridized carbons (Fsp3) is 0.154. The average molecular weight is 599 g/mol. The fourth-order valence-corrected chi connectivity index (χ4v) is 5.84. The zero-order chi connectivity index (χ0) is 26.2. The molecule has 0 radical (unpaired) electrons. The van der Waals surface area contributed by atoms with Gasteiger partial charge in [0, 0.05) is 40.0 Å². The van der Waals surface area contributed by atoms with Crippen molar-refractivity contribution in [2.45, 2.75) is 12.1 Å². The van der Waals surface area contributed by atoms with E-state index in [4.69, 9.17) is 17.0 Å². The first-order valence-corrected chi connectivity index (χ1v) is 14.4. The zero-order valence-corrected chi connectivity index (χ0v) is 23.2. The maximum atomic E-state index is 11.8. The van der Waals surface area contributed by atoms with Crippen LogP contribution in [-0.2, 0) is 10.0 Å². The van der Waals surface area contributed by atoms with Crippen LogP contribution in [0.5, 0.6) is 5.75 Å². The lowest BCUT2D eigenvalue weighted by Crippen LogP contribution is -2.30. The Hall–Kier alpha value is -3.41. The Morgan fingerprint density at radius 2 is 1.89 bits per heavy atom. The van der Waals surface area contributed by atoms with E-state index in [0.29, 0.717) is 16.5 Å². The third-order valence-electron chi connectivity index (χ3n) is 6.03. The number of hydrogen-bond donors (Lipinski definition) is 2. The van der Waals surface area contributed by atoms with Gasteiger partial charge in [0.2, 0.25) is 10.0 Å². The summed E-state index contributed by atoms with van der Waals surface area (Å²) in [5.41, 5.74) is 3.94. The van der Waals surface area contributed by atoms with Gasteiger partial charge in [0.25, 0.3) is 0 Å². The van der Waals surface area contributed by atoms with Gasteiger partial charge in [-0.3, -0.25) is 9.71 Å². The second-order valence-corrected chi connectivity index (χ2v) is 11.6. The van der Waals surface area contributed by atoms with Gasteiger partial charge >= 0.3 is 0 Å². The number of nitrogens with one attached hydrogen (secondary N) is 2. The Kier molecular flexibility index (Phi) is 6.93. The van der Waals surface area contributed by atoms with Gasteiger partial charge in [-0.15, -0.1) is 0 Å². The van der Waals surface area contributed by atoms with Crippen molar-refractivity contribution in [1.29, 1.82) is 0 Å². The largest absolute Gasteiger partial charge is 0.494 e. The van der Waals surface area contributed by atoms with Crippen LogP contribution in [0.15, 0.2) is 89.7 Å². The number of benzene rings is 2. The number of thiocarbonyl (C=S) groups is 1. The molecule has 1 aliphatic heterocycles. The van der Waals surface area contributed by atoms with Gasteiger partial charge in [-0.2, -0.15) is 0 Å². The number of aromatic nitrogens is 2. The number of nitrogens with zero attached hydrogens (tertiary/aromatic N) is 3. The number of methoxy groups -OCH3 is 1. The molecular weight excluding hydrogens is 574 g/mol. The van der Waals surface area contributed by atoms with E-state index in [1.807, 2.05) is 59.6 Å². The first-order valence-electron chi connectivity index (χ1n) is 11.3. The van der Waals surface area contributed by atoms with Crippen LogP contribution in [-0.4, -0.2) is 36.4 Å². The highest BCUT2D eigenvalue weighted by Gasteiger charge is 2.42. The highest BCUT2D eigenvalue weighted by molar-refractivity contribution is 9.10. The predicted molar refractivity (Wildman–Crippen MR) is 153 cm³/mol.